The predicted octanol–water partition coefficient (Wildman–Crippen LogP) is 2.06. The fourth-order valence-electron chi connectivity index (χ4n) is 2.70. The van der Waals surface area contributed by atoms with E-state index in [1.54, 1.807) is 17.2 Å². The van der Waals surface area contributed by atoms with Crippen LogP contribution in [0.5, 0.6) is 5.88 Å². The molecule has 0 saturated carbocycles. The number of carbonyl (C=O) groups excluding carboxylic acids is 1. The Morgan fingerprint density at radius 1 is 1.25 bits per heavy atom. The molecule has 1 unspecified atom stereocenters. The van der Waals surface area contributed by atoms with Gasteiger partial charge >= 0.3 is 0 Å². The number of amides is 1. The first-order valence-electron chi connectivity index (χ1n) is 8.13. The van der Waals surface area contributed by atoms with Crippen molar-refractivity contribution in [1.82, 2.24) is 14.9 Å². The molecule has 1 amide bonds. The molecule has 0 bridgehead atoms. The fourth-order valence-corrected chi connectivity index (χ4v) is 2.70. The van der Waals surface area contributed by atoms with Crippen molar-refractivity contribution in [2.75, 3.05) is 19.7 Å². The molecule has 0 spiro atoms. The Morgan fingerprint density at radius 3 is 2.92 bits per heavy atom. The topological polar surface area (TPSA) is 64.5 Å². The summed E-state index contributed by atoms with van der Waals surface area (Å²) in [6.07, 6.45) is 4.90. The minimum atomic E-state index is -0.0354. The van der Waals surface area contributed by atoms with Crippen LogP contribution in [-0.2, 0) is 16.1 Å². The third kappa shape index (κ3) is 4.76. The van der Waals surface area contributed by atoms with Gasteiger partial charge in [-0.1, -0.05) is 30.3 Å². The van der Waals surface area contributed by atoms with Gasteiger partial charge in [-0.25, -0.2) is 9.97 Å². The molecule has 1 fully saturated rings. The van der Waals surface area contributed by atoms with Crippen LogP contribution in [0.4, 0.5) is 0 Å². The Labute approximate surface area is 141 Å². The van der Waals surface area contributed by atoms with Gasteiger partial charge in [-0.3, -0.25) is 4.79 Å². The Hall–Kier alpha value is -2.47. The van der Waals surface area contributed by atoms with Gasteiger partial charge in [0.1, 0.15) is 19.0 Å². The first-order chi connectivity index (χ1) is 11.8. The van der Waals surface area contributed by atoms with Crippen LogP contribution in [0.2, 0.25) is 0 Å². The highest BCUT2D eigenvalue weighted by Gasteiger charge is 2.25. The predicted molar refractivity (Wildman–Crippen MR) is 88.4 cm³/mol. The molecule has 126 valence electrons. The second kappa shape index (κ2) is 8.40. The summed E-state index contributed by atoms with van der Waals surface area (Å²) in [5.74, 6) is 0.548. The van der Waals surface area contributed by atoms with E-state index in [0.29, 0.717) is 19.0 Å². The number of carbonyl (C=O) groups is 1. The summed E-state index contributed by atoms with van der Waals surface area (Å²) in [4.78, 5) is 22.0. The lowest BCUT2D eigenvalue weighted by Crippen LogP contribution is -2.45. The van der Waals surface area contributed by atoms with E-state index in [1.807, 2.05) is 30.3 Å². The van der Waals surface area contributed by atoms with Crippen molar-refractivity contribution in [3.05, 3.63) is 54.5 Å². The average Bonchev–Trinajstić information content (AvgIpc) is 2.64. The molecule has 1 aliphatic rings. The minimum Gasteiger partial charge on any atom is -0.472 e. The maximum absolute atomic E-state index is 12.3. The first-order valence-corrected chi connectivity index (χ1v) is 8.13. The molecule has 2 aromatic rings. The molecule has 24 heavy (non-hydrogen) atoms. The zero-order chi connectivity index (χ0) is 16.6. The highest BCUT2D eigenvalue weighted by Crippen LogP contribution is 2.16. The van der Waals surface area contributed by atoms with Crippen LogP contribution in [0.3, 0.4) is 0 Å². The number of rotatable bonds is 6. The smallest absolute Gasteiger partial charge is 0.248 e. The molecule has 3 rings (SSSR count). The second-order valence-electron chi connectivity index (χ2n) is 5.75. The summed E-state index contributed by atoms with van der Waals surface area (Å²) in [7, 11) is 0. The van der Waals surface area contributed by atoms with Crippen molar-refractivity contribution in [2.45, 2.75) is 25.6 Å². The normalized spacial score (nSPS) is 17.5. The van der Waals surface area contributed by atoms with Crippen LogP contribution in [0.1, 0.15) is 18.4 Å². The van der Waals surface area contributed by atoms with E-state index >= 15 is 0 Å². The molecule has 1 aromatic carbocycles. The minimum absolute atomic E-state index is 0.00178. The van der Waals surface area contributed by atoms with Crippen molar-refractivity contribution in [3.63, 3.8) is 0 Å². The van der Waals surface area contributed by atoms with Crippen LogP contribution < -0.4 is 4.74 Å². The van der Waals surface area contributed by atoms with Crippen LogP contribution in [0.15, 0.2) is 48.9 Å². The largest absolute Gasteiger partial charge is 0.472 e. The number of hydrogen-bond acceptors (Lipinski definition) is 5. The molecular weight excluding hydrogens is 306 g/mol. The molecular formula is C18H21N3O3. The summed E-state index contributed by atoms with van der Waals surface area (Å²) < 4.78 is 11.4. The SMILES string of the molecule is O=C(COCc1ccccc1)N1CCCC(Oc2ccncn2)C1. The van der Waals surface area contributed by atoms with Crippen molar-refractivity contribution in [2.24, 2.45) is 0 Å². The van der Waals surface area contributed by atoms with Gasteiger partial charge < -0.3 is 14.4 Å². The number of ether oxygens (including phenoxy) is 2. The van der Waals surface area contributed by atoms with Gasteiger partial charge in [0.25, 0.3) is 0 Å². The quantitative estimate of drug-likeness (QED) is 0.812. The monoisotopic (exact) mass is 327 g/mol. The average molecular weight is 327 g/mol. The van der Waals surface area contributed by atoms with Crippen molar-refractivity contribution in [1.29, 1.82) is 0 Å². The van der Waals surface area contributed by atoms with Crippen molar-refractivity contribution < 1.29 is 14.3 Å². The van der Waals surface area contributed by atoms with Crippen molar-refractivity contribution in [3.8, 4) is 5.88 Å². The van der Waals surface area contributed by atoms with E-state index in [0.717, 1.165) is 24.9 Å². The molecule has 0 radical (unpaired) electrons. The van der Waals surface area contributed by atoms with E-state index < -0.39 is 0 Å². The number of aromatic nitrogens is 2. The molecule has 6 nitrogen and oxygen atoms in total. The van der Waals surface area contributed by atoms with E-state index in [1.165, 1.54) is 6.33 Å². The van der Waals surface area contributed by atoms with Gasteiger partial charge in [-0.05, 0) is 18.4 Å². The van der Waals surface area contributed by atoms with Crippen LogP contribution >= 0.6 is 0 Å². The molecule has 2 heterocycles. The number of likely N-dealkylation sites (tertiary alicyclic amines) is 1. The first kappa shape index (κ1) is 16.4. The number of hydrogen-bond donors (Lipinski definition) is 0. The lowest BCUT2D eigenvalue weighted by Gasteiger charge is -2.32. The fraction of sp³-hybridized carbons (Fsp3) is 0.389. The molecule has 1 saturated heterocycles. The highest BCUT2D eigenvalue weighted by atomic mass is 16.5. The number of piperidine rings is 1. The van der Waals surface area contributed by atoms with Crippen LogP contribution in [0, 0.1) is 0 Å². The van der Waals surface area contributed by atoms with Gasteiger partial charge in [-0.15, -0.1) is 0 Å². The van der Waals surface area contributed by atoms with Crippen LogP contribution in [0.25, 0.3) is 0 Å². The van der Waals surface area contributed by atoms with E-state index in [2.05, 4.69) is 9.97 Å². The lowest BCUT2D eigenvalue weighted by atomic mass is 10.1. The summed E-state index contributed by atoms with van der Waals surface area (Å²) in [6.45, 7) is 1.85. The van der Waals surface area contributed by atoms with Crippen LogP contribution in [-0.4, -0.2) is 46.6 Å². The number of benzene rings is 1. The second-order valence-corrected chi connectivity index (χ2v) is 5.75. The third-order valence-corrected chi connectivity index (χ3v) is 3.91. The summed E-state index contributed by atoms with van der Waals surface area (Å²) >= 11 is 0. The molecule has 0 aliphatic carbocycles. The van der Waals surface area contributed by atoms with Gasteiger partial charge in [0, 0.05) is 18.8 Å². The van der Waals surface area contributed by atoms with Gasteiger partial charge in [0.05, 0.1) is 13.2 Å². The van der Waals surface area contributed by atoms with E-state index in [4.69, 9.17) is 9.47 Å². The standard InChI is InChI=1S/C18H21N3O3/c22-18(13-23-12-15-5-2-1-3-6-15)21-10-4-7-16(11-21)24-17-8-9-19-14-20-17/h1-3,5-6,8-9,14,16H,4,7,10-13H2. The molecule has 6 heteroatoms. The van der Waals surface area contributed by atoms with Gasteiger partial charge in [-0.2, -0.15) is 0 Å². The molecule has 1 aliphatic heterocycles. The molecule has 1 atom stereocenters. The lowest BCUT2D eigenvalue weighted by molar-refractivity contribution is -0.139. The summed E-state index contributed by atoms with van der Waals surface area (Å²) in [6, 6.07) is 11.6. The Balaban J connectivity index is 1.44. The Bertz CT molecular complexity index is 636. The summed E-state index contributed by atoms with van der Waals surface area (Å²) in [5, 5.41) is 0. The zero-order valence-electron chi connectivity index (χ0n) is 13.5. The highest BCUT2D eigenvalue weighted by molar-refractivity contribution is 5.77. The maximum atomic E-state index is 12.3. The van der Waals surface area contributed by atoms with E-state index in [-0.39, 0.29) is 18.6 Å². The Morgan fingerprint density at radius 2 is 2.12 bits per heavy atom. The maximum Gasteiger partial charge on any atom is 0.248 e. The molecule has 1 aromatic heterocycles. The Kier molecular flexibility index (Phi) is 5.74. The van der Waals surface area contributed by atoms with Crippen molar-refractivity contribution >= 4 is 5.91 Å². The third-order valence-electron chi connectivity index (χ3n) is 3.91. The number of nitrogens with zero attached hydrogens (tertiary/aromatic N) is 3. The molecule has 0 N–H and O–H groups in total. The van der Waals surface area contributed by atoms with E-state index in [9.17, 15) is 4.79 Å². The zero-order valence-corrected chi connectivity index (χ0v) is 13.5. The summed E-state index contributed by atoms with van der Waals surface area (Å²) in [5.41, 5.74) is 1.06. The van der Waals surface area contributed by atoms with Gasteiger partial charge in [0.15, 0.2) is 0 Å². The van der Waals surface area contributed by atoms with Gasteiger partial charge in [0.2, 0.25) is 11.8 Å².